The highest BCUT2D eigenvalue weighted by Crippen LogP contribution is 2.07. The molecule has 0 N–H and O–H groups in total. The van der Waals surface area contributed by atoms with Crippen LogP contribution in [-0.2, 0) is 6.42 Å². The van der Waals surface area contributed by atoms with Gasteiger partial charge in [-0.05, 0) is 12.0 Å². The van der Waals surface area contributed by atoms with Gasteiger partial charge in [-0.2, -0.15) is 0 Å². The van der Waals surface area contributed by atoms with Crippen LogP contribution in [0.2, 0.25) is 0 Å². The fourth-order valence-electron chi connectivity index (χ4n) is 0.920. The van der Waals surface area contributed by atoms with E-state index in [1.54, 1.807) is 0 Å². The summed E-state index contributed by atoms with van der Waals surface area (Å²) in [7, 11) is 0. The third kappa shape index (κ3) is 3.12. The minimum absolute atomic E-state index is 0.0377. The summed E-state index contributed by atoms with van der Waals surface area (Å²) in [4.78, 5) is 0. The number of hydrogen-bond donors (Lipinski definition) is 0. The van der Waals surface area contributed by atoms with Crippen molar-refractivity contribution in [3.8, 4) is 0 Å². The van der Waals surface area contributed by atoms with Crippen LogP contribution in [0.4, 0.5) is 8.78 Å². The monoisotopic (exact) mass is 156 g/mol. The predicted octanol–water partition coefficient (Wildman–Crippen LogP) is 2.88. The van der Waals surface area contributed by atoms with E-state index in [2.05, 4.69) is 0 Å². The topological polar surface area (TPSA) is 0 Å². The average Bonchev–Trinajstić information content (AvgIpc) is 2.03. The molecule has 0 bridgehead atoms. The van der Waals surface area contributed by atoms with E-state index in [1.165, 1.54) is 0 Å². The lowest BCUT2D eigenvalue weighted by atomic mass is 10.1. The molecule has 2 heteroatoms. The van der Waals surface area contributed by atoms with Crippen LogP contribution in [0.3, 0.4) is 0 Å². The third-order valence-electron chi connectivity index (χ3n) is 1.49. The lowest BCUT2D eigenvalue weighted by Gasteiger charge is -1.98. The molecule has 0 nitrogen and oxygen atoms in total. The van der Waals surface area contributed by atoms with Gasteiger partial charge in [0.05, 0.1) is 0 Å². The summed E-state index contributed by atoms with van der Waals surface area (Å²) in [5, 5.41) is 0. The van der Waals surface area contributed by atoms with Crippen LogP contribution >= 0.6 is 0 Å². The number of halogens is 2. The van der Waals surface area contributed by atoms with E-state index in [-0.39, 0.29) is 6.42 Å². The van der Waals surface area contributed by atoms with Crippen molar-refractivity contribution in [1.82, 2.24) is 0 Å². The Labute approximate surface area is 64.9 Å². The first-order valence-electron chi connectivity index (χ1n) is 3.61. The van der Waals surface area contributed by atoms with Gasteiger partial charge in [0.15, 0.2) is 0 Å². The van der Waals surface area contributed by atoms with Crippen LogP contribution in [0.1, 0.15) is 12.0 Å². The Bertz CT molecular complexity index is 194. The Morgan fingerprint density at radius 2 is 1.73 bits per heavy atom. The maximum absolute atomic E-state index is 11.7. The van der Waals surface area contributed by atoms with Crippen LogP contribution in [-0.4, -0.2) is 6.43 Å². The molecule has 0 aliphatic heterocycles. The van der Waals surface area contributed by atoms with Crippen LogP contribution in [0.15, 0.2) is 30.3 Å². The molecule has 0 fully saturated rings. The maximum Gasteiger partial charge on any atom is 0.239 e. The smallest absolute Gasteiger partial charge is 0.211 e. The number of hydrogen-bond acceptors (Lipinski definition) is 0. The number of rotatable bonds is 3. The molecule has 60 valence electrons. The molecule has 0 radical (unpaired) electrons. The van der Waals surface area contributed by atoms with Crippen molar-refractivity contribution in [2.45, 2.75) is 19.3 Å². The molecule has 0 spiro atoms. The molecular formula is C9H10F2. The third-order valence-corrected chi connectivity index (χ3v) is 1.49. The zero-order valence-corrected chi connectivity index (χ0v) is 6.13. The fourth-order valence-corrected chi connectivity index (χ4v) is 0.920. The van der Waals surface area contributed by atoms with Crippen molar-refractivity contribution in [2.75, 3.05) is 0 Å². The van der Waals surface area contributed by atoms with E-state index in [1.807, 2.05) is 30.3 Å². The second-order valence-electron chi connectivity index (χ2n) is 2.42. The van der Waals surface area contributed by atoms with E-state index in [4.69, 9.17) is 0 Å². The molecule has 0 atom stereocenters. The first-order chi connectivity index (χ1) is 5.29. The van der Waals surface area contributed by atoms with E-state index >= 15 is 0 Å². The molecule has 1 rings (SSSR count). The van der Waals surface area contributed by atoms with Crippen molar-refractivity contribution in [2.24, 2.45) is 0 Å². The molecule has 11 heavy (non-hydrogen) atoms. The zero-order valence-electron chi connectivity index (χ0n) is 6.13. The molecule has 1 aromatic rings. The molecule has 0 heterocycles. The zero-order chi connectivity index (χ0) is 8.10. The highest BCUT2D eigenvalue weighted by atomic mass is 19.3. The minimum atomic E-state index is -2.18. The van der Waals surface area contributed by atoms with Crippen LogP contribution in [0.25, 0.3) is 0 Å². The molecule has 0 saturated carbocycles. The summed E-state index contributed by atoms with van der Waals surface area (Å²) in [6, 6.07) is 9.33. The Morgan fingerprint density at radius 3 is 2.27 bits per heavy atom. The van der Waals surface area contributed by atoms with Gasteiger partial charge in [-0.1, -0.05) is 30.3 Å². The van der Waals surface area contributed by atoms with Gasteiger partial charge in [0.2, 0.25) is 6.43 Å². The molecule has 0 unspecified atom stereocenters. The second-order valence-corrected chi connectivity index (χ2v) is 2.42. The summed E-state index contributed by atoms with van der Waals surface area (Å²) in [6.45, 7) is 0. The predicted molar refractivity (Wildman–Crippen MR) is 40.8 cm³/mol. The van der Waals surface area contributed by atoms with Crippen LogP contribution in [0, 0.1) is 0 Å². The summed E-state index contributed by atoms with van der Waals surface area (Å²) < 4.78 is 23.4. The maximum atomic E-state index is 11.7. The molecule has 1 aromatic carbocycles. The molecule has 0 aromatic heterocycles. The molecule has 0 amide bonds. The van der Waals surface area contributed by atoms with Gasteiger partial charge in [0.25, 0.3) is 0 Å². The van der Waals surface area contributed by atoms with Crippen molar-refractivity contribution in [3.63, 3.8) is 0 Å². The Balaban J connectivity index is 2.39. The first-order valence-corrected chi connectivity index (χ1v) is 3.61. The van der Waals surface area contributed by atoms with Crippen molar-refractivity contribution < 1.29 is 8.78 Å². The fraction of sp³-hybridized carbons (Fsp3) is 0.333. The molecule has 0 aliphatic rings. The normalized spacial score (nSPS) is 10.5. The number of alkyl halides is 2. The first kappa shape index (κ1) is 8.18. The Morgan fingerprint density at radius 1 is 1.09 bits per heavy atom. The SMILES string of the molecule is FC(F)CCc1ccccc1. The standard InChI is InChI=1S/C9H10F2/c10-9(11)7-6-8-4-2-1-3-5-8/h1-5,9H,6-7H2. The van der Waals surface area contributed by atoms with Crippen molar-refractivity contribution in [1.29, 1.82) is 0 Å². The van der Waals surface area contributed by atoms with E-state index in [0.717, 1.165) is 5.56 Å². The van der Waals surface area contributed by atoms with Crippen molar-refractivity contribution in [3.05, 3.63) is 35.9 Å². The largest absolute Gasteiger partial charge is 0.239 e. The quantitative estimate of drug-likeness (QED) is 0.631. The van der Waals surface area contributed by atoms with Gasteiger partial charge < -0.3 is 0 Å². The van der Waals surface area contributed by atoms with Crippen LogP contribution in [0.5, 0.6) is 0 Å². The molecular weight excluding hydrogens is 146 g/mol. The van der Waals surface area contributed by atoms with Gasteiger partial charge >= 0.3 is 0 Å². The lowest BCUT2D eigenvalue weighted by Crippen LogP contribution is -1.93. The summed E-state index contributed by atoms with van der Waals surface area (Å²) in [5.74, 6) is 0. The second kappa shape index (κ2) is 4.06. The Hall–Kier alpha value is -0.920. The van der Waals surface area contributed by atoms with Crippen LogP contribution < -0.4 is 0 Å². The van der Waals surface area contributed by atoms with E-state index in [0.29, 0.717) is 6.42 Å². The van der Waals surface area contributed by atoms with Crippen molar-refractivity contribution >= 4 is 0 Å². The molecule has 0 saturated heterocycles. The summed E-state index contributed by atoms with van der Waals surface area (Å²) in [6.07, 6.45) is -1.75. The number of aryl methyl sites for hydroxylation is 1. The van der Waals surface area contributed by atoms with Gasteiger partial charge in [0.1, 0.15) is 0 Å². The summed E-state index contributed by atoms with van der Waals surface area (Å²) in [5.41, 5.74) is 0.979. The number of benzene rings is 1. The minimum Gasteiger partial charge on any atom is -0.211 e. The molecule has 0 aliphatic carbocycles. The highest BCUT2D eigenvalue weighted by Gasteiger charge is 2.01. The van der Waals surface area contributed by atoms with Gasteiger partial charge in [-0.3, -0.25) is 0 Å². The van der Waals surface area contributed by atoms with Gasteiger partial charge in [-0.15, -0.1) is 0 Å². The van der Waals surface area contributed by atoms with Gasteiger partial charge in [0, 0.05) is 6.42 Å². The average molecular weight is 156 g/mol. The summed E-state index contributed by atoms with van der Waals surface area (Å²) >= 11 is 0. The van der Waals surface area contributed by atoms with Gasteiger partial charge in [-0.25, -0.2) is 8.78 Å². The highest BCUT2D eigenvalue weighted by molar-refractivity contribution is 5.14. The van der Waals surface area contributed by atoms with E-state index < -0.39 is 6.43 Å². The lowest BCUT2D eigenvalue weighted by molar-refractivity contribution is 0.138. The van der Waals surface area contributed by atoms with E-state index in [9.17, 15) is 8.78 Å². The Kier molecular flexibility index (Phi) is 3.02.